The summed E-state index contributed by atoms with van der Waals surface area (Å²) < 4.78 is 14.0. The van der Waals surface area contributed by atoms with Crippen LogP contribution in [0.5, 0.6) is 0 Å². The van der Waals surface area contributed by atoms with Crippen LogP contribution in [-0.2, 0) is 5.88 Å². The number of hydrogen-bond donors (Lipinski definition) is 0. The van der Waals surface area contributed by atoms with Gasteiger partial charge in [-0.3, -0.25) is 0 Å². The van der Waals surface area contributed by atoms with Crippen molar-refractivity contribution in [2.45, 2.75) is 5.88 Å². The molecule has 0 atom stereocenters. The predicted octanol–water partition coefficient (Wildman–Crippen LogP) is 4.58. The molecule has 1 heterocycles. The first-order valence-corrected chi connectivity index (χ1v) is 6.18. The second-order valence-electron chi connectivity index (χ2n) is 2.95. The zero-order valence-electron chi connectivity index (χ0n) is 7.57. The number of fused-ring (bicyclic) bond motifs is 1. The SMILES string of the molecule is Fc1c(Br)c(Cl)cc2c(Cl)nc(CCl)nc12. The van der Waals surface area contributed by atoms with Crippen molar-refractivity contribution in [1.82, 2.24) is 9.97 Å². The van der Waals surface area contributed by atoms with Gasteiger partial charge in [0.1, 0.15) is 16.5 Å². The topological polar surface area (TPSA) is 25.8 Å². The Morgan fingerprint density at radius 3 is 2.62 bits per heavy atom. The third-order valence-electron chi connectivity index (χ3n) is 1.95. The van der Waals surface area contributed by atoms with Crippen molar-refractivity contribution in [2.24, 2.45) is 0 Å². The van der Waals surface area contributed by atoms with Gasteiger partial charge in [-0.25, -0.2) is 14.4 Å². The first-order chi connectivity index (χ1) is 7.54. The number of benzene rings is 1. The van der Waals surface area contributed by atoms with E-state index in [-0.39, 0.29) is 31.9 Å². The van der Waals surface area contributed by atoms with Gasteiger partial charge >= 0.3 is 0 Å². The predicted molar refractivity (Wildman–Crippen MR) is 66.8 cm³/mol. The Balaban J connectivity index is 2.90. The van der Waals surface area contributed by atoms with Crippen LogP contribution in [0.3, 0.4) is 0 Å². The Bertz CT molecular complexity index is 576. The monoisotopic (exact) mass is 342 g/mol. The molecule has 0 saturated carbocycles. The van der Waals surface area contributed by atoms with Crippen molar-refractivity contribution in [2.75, 3.05) is 0 Å². The molecule has 0 amide bonds. The number of nitrogens with zero attached hydrogens (tertiary/aromatic N) is 2. The van der Waals surface area contributed by atoms with E-state index < -0.39 is 5.82 Å². The second kappa shape index (κ2) is 4.61. The van der Waals surface area contributed by atoms with E-state index in [1.807, 2.05) is 0 Å². The summed E-state index contributed by atoms with van der Waals surface area (Å²) in [5.74, 6) is -0.236. The lowest BCUT2D eigenvalue weighted by molar-refractivity contribution is 0.629. The van der Waals surface area contributed by atoms with E-state index in [2.05, 4.69) is 25.9 Å². The van der Waals surface area contributed by atoms with Gasteiger partial charge in [-0.2, -0.15) is 0 Å². The number of halogens is 5. The Morgan fingerprint density at radius 1 is 1.31 bits per heavy atom. The Labute approximate surface area is 114 Å². The van der Waals surface area contributed by atoms with Crippen LogP contribution in [0.1, 0.15) is 5.82 Å². The minimum absolute atomic E-state index is 0.0648. The lowest BCUT2D eigenvalue weighted by Crippen LogP contribution is -1.96. The van der Waals surface area contributed by atoms with Gasteiger partial charge in [-0.05, 0) is 22.0 Å². The van der Waals surface area contributed by atoms with Crippen molar-refractivity contribution >= 4 is 61.6 Å². The molecule has 0 aliphatic rings. The zero-order valence-corrected chi connectivity index (χ0v) is 11.4. The Hall–Kier alpha value is -0.160. The highest BCUT2D eigenvalue weighted by molar-refractivity contribution is 9.10. The highest BCUT2D eigenvalue weighted by Crippen LogP contribution is 2.33. The summed E-state index contributed by atoms with van der Waals surface area (Å²) in [4.78, 5) is 7.88. The van der Waals surface area contributed by atoms with E-state index in [9.17, 15) is 4.39 Å². The van der Waals surface area contributed by atoms with Crippen LogP contribution in [0, 0.1) is 5.82 Å². The van der Waals surface area contributed by atoms with Crippen LogP contribution in [-0.4, -0.2) is 9.97 Å². The van der Waals surface area contributed by atoms with Crippen LogP contribution in [0.2, 0.25) is 10.2 Å². The molecule has 0 aliphatic heterocycles. The first kappa shape index (κ1) is 12.3. The second-order valence-corrected chi connectivity index (χ2v) is 4.77. The van der Waals surface area contributed by atoms with E-state index >= 15 is 0 Å². The molecular formula is C9H3BrCl3FN2. The zero-order chi connectivity index (χ0) is 11.9. The van der Waals surface area contributed by atoms with Gasteiger partial charge in [0.25, 0.3) is 0 Å². The average molecular weight is 344 g/mol. The number of hydrogen-bond acceptors (Lipinski definition) is 2. The fourth-order valence-corrected chi connectivity index (χ4v) is 2.09. The molecule has 2 rings (SSSR count). The average Bonchev–Trinajstić information content (AvgIpc) is 2.27. The van der Waals surface area contributed by atoms with Crippen LogP contribution < -0.4 is 0 Å². The van der Waals surface area contributed by atoms with Gasteiger partial charge in [-0.1, -0.05) is 23.2 Å². The Morgan fingerprint density at radius 2 is 2.00 bits per heavy atom. The van der Waals surface area contributed by atoms with Crippen LogP contribution in [0.4, 0.5) is 4.39 Å². The molecule has 0 saturated heterocycles. The first-order valence-electron chi connectivity index (χ1n) is 4.10. The summed E-state index contributed by atoms with van der Waals surface area (Å²) in [6.07, 6.45) is 0. The number of rotatable bonds is 1. The van der Waals surface area contributed by atoms with E-state index in [0.29, 0.717) is 5.39 Å². The maximum absolute atomic E-state index is 13.8. The molecule has 2 aromatic rings. The molecule has 0 radical (unpaired) electrons. The molecule has 0 unspecified atom stereocenters. The van der Waals surface area contributed by atoms with Crippen molar-refractivity contribution < 1.29 is 4.39 Å². The fourth-order valence-electron chi connectivity index (χ4n) is 1.24. The molecule has 7 heteroatoms. The third-order valence-corrected chi connectivity index (χ3v) is 3.78. The molecule has 84 valence electrons. The molecule has 0 spiro atoms. The molecule has 16 heavy (non-hydrogen) atoms. The smallest absolute Gasteiger partial charge is 0.165 e. The summed E-state index contributed by atoms with van der Waals surface area (Å²) in [7, 11) is 0. The normalized spacial score (nSPS) is 11.1. The Kier molecular flexibility index (Phi) is 3.54. The van der Waals surface area contributed by atoms with E-state index in [4.69, 9.17) is 34.8 Å². The molecular weight excluding hydrogens is 341 g/mol. The minimum atomic E-state index is -0.571. The van der Waals surface area contributed by atoms with Gasteiger partial charge in [0, 0.05) is 5.39 Å². The van der Waals surface area contributed by atoms with E-state index in [1.165, 1.54) is 6.07 Å². The van der Waals surface area contributed by atoms with Gasteiger partial charge in [0.2, 0.25) is 0 Å². The molecule has 0 aliphatic carbocycles. The van der Waals surface area contributed by atoms with Crippen LogP contribution >= 0.6 is 50.7 Å². The summed E-state index contributed by atoms with van der Waals surface area (Å²) in [6, 6.07) is 1.50. The van der Waals surface area contributed by atoms with Crippen molar-refractivity contribution in [1.29, 1.82) is 0 Å². The van der Waals surface area contributed by atoms with Crippen LogP contribution in [0.15, 0.2) is 10.5 Å². The summed E-state index contributed by atoms with van der Waals surface area (Å²) in [5, 5.41) is 0.712. The molecule has 0 bridgehead atoms. The lowest BCUT2D eigenvalue weighted by Gasteiger charge is -2.06. The van der Waals surface area contributed by atoms with E-state index in [0.717, 1.165) is 0 Å². The molecule has 0 fully saturated rings. The highest BCUT2D eigenvalue weighted by atomic mass is 79.9. The highest BCUT2D eigenvalue weighted by Gasteiger charge is 2.15. The quantitative estimate of drug-likeness (QED) is 0.430. The summed E-state index contributed by atoms with van der Waals surface area (Å²) in [6.45, 7) is 0. The van der Waals surface area contributed by atoms with Gasteiger partial charge in [-0.15, -0.1) is 11.6 Å². The number of alkyl halides is 1. The van der Waals surface area contributed by atoms with Crippen molar-refractivity contribution in [3.63, 3.8) is 0 Å². The van der Waals surface area contributed by atoms with Crippen LogP contribution in [0.25, 0.3) is 10.9 Å². The van der Waals surface area contributed by atoms with E-state index in [1.54, 1.807) is 0 Å². The summed E-state index contributed by atoms with van der Waals surface area (Å²) >= 11 is 20.3. The van der Waals surface area contributed by atoms with Gasteiger partial charge in [0.05, 0.1) is 15.4 Å². The van der Waals surface area contributed by atoms with Crippen molar-refractivity contribution in [3.8, 4) is 0 Å². The third kappa shape index (κ3) is 1.99. The van der Waals surface area contributed by atoms with Gasteiger partial charge < -0.3 is 0 Å². The molecule has 2 nitrogen and oxygen atoms in total. The summed E-state index contributed by atoms with van der Waals surface area (Å²) in [5.41, 5.74) is 0.104. The number of aromatic nitrogens is 2. The molecule has 1 aromatic carbocycles. The molecule has 1 aromatic heterocycles. The maximum atomic E-state index is 13.8. The van der Waals surface area contributed by atoms with Crippen molar-refractivity contribution in [3.05, 3.63) is 32.4 Å². The standard InChI is InChI=1S/C9H3BrCl3FN2/c10-6-4(12)1-3-8(7(6)14)15-5(2-11)16-9(3)13/h1H,2H2. The molecule has 0 N–H and O–H groups in total. The van der Waals surface area contributed by atoms with Gasteiger partial charge in [0.15, 0.2) is 5.82 Å². The minimum Gasteiger partial charge on any atom is -0.228 e. The lowest BCUT2D eigenvalue weighted by atomic mass is 10.2. The fraction of sp³-hybridized carbons (Fsp3) is 0.111. The largest absolute Gasteiger partial charge is 0.228 e. The maximum Gasteiger partial charge on any atom is 0.165 e.